The van der Waals surface area contributed by atoms with Gasteiger partial charge in [-0.15, -0.1) is 6.58 Å². The molecule has 0 atom stereocenters. The van der Waals surface area contributed by atoms with E-state index in [1.165, 1.54) is 6.08 Å². The van der Waals surface area contributed by atoms with Gasteiger partial charge in [-0.05, 0) is 23.9 Å². The Labute approximate surface area is 106 Å². The summed E-state index contributed by atoms with van der Waals surface area (Å²) in [5.41, 5.74) is 0.965. The first-order valence-corrected chi connectivity index (χ1v) is 5.56. The molecule has 0 aromatic heterocycles. The Morgan fingerprint density at radius 1 is 1.35 bits per heavy atom. The summed E-state index contributed by atoms with van der Waals surface area (Å²) < 4.78 is 0. The molecular weight excluding hydrogens is 232 g/mol. The molecule has 1 aromatic rings. The first-order chi connectivity index (χ1) is 8.22. The normalized spacial score (nSPS) is 9.88. The number of thiocarbonyl (C=S) groups is 1. The number of benzene rings is 1. The molecule has 1 aromatic carbocycles. The Kier molecular flexibility index (Phi) is 5.68. The average molecular weight is 246 g/mol. The summed E-state index contributed by atoms with van der Waals surface area (Å²) in [7, 11) is 0. The van der Waals surface area contributed by atoms with E-state index in [1.54, 1.807) is 12.2 Å². The molecule has 0 spiro atoms. The summed E-state index contributed by atoms with van der Waals surface area (Å²) in [6.45, 7) is 4.07. The van der Waals surface area contributed by atoms with Crippen LogP contribution >= 0.6 is 12.2 Å². The van der Waals surface area contributed by atoms with Crippen LogP contribution in [0, 0.1) is 0 Å². The standard InChI is InChI=1S/C13H14N2OS/c1-2-10-14-13(17)15-12(16)9-8-11-6-4-3-5-7-11/h2-9H,1,10H2,(H2,14,15,16,17)/b9-8+. The summed E-state index contributed by atoms with van der Waals surface area (Å²) in [6, 6.07) is 9.57. The van der Waals surface area contributed by atoms with Gasteiger partial charge in [-0.2, -0.15) is 0 Å². The number of nitrogens with one attached hydrogen (secondary N) is 2. The van der Waals surface area contributed by atoms with E-state index in [-0.39, 0.29) is 5.91 Å². The molecule has 0 bridgehead atoms. The van der Waals surface area contributed by atoms with Crippen LogP contribution in [-0.4, -0.2) is 17.6 Å². The largest absolute Gasteiger partial charge is 0.359 e. The zero-order valence-corrected chi connectivity index (χ0v) is 10.2. The van der Waals surface area contributed by atoms with Gasteiger partial charge in [0.1, 0.15) is 0 Å². The predicted molar refractivity (Wildman–Crippen MR) is 74.4 cm³/mol. The average Bonchev–Trinajstić information content (AvgIpc) is 2.35. The second-order valence-corrected chi connectivity index (χ2v) is 3.64. The molecule has 0 aliphatic heterocycles. The third kappa shape index (κ3) is 5.63. The predicted octanol–water partition coefficient (Wildman–Crippen LogP) is 1.88. The molecule has 0 saturated heterocycles. The maximum atomic E-state index is 11.4. The highest BCUT2D eigenvalue weighted by Gasteiger charge is 1.98. The molecule has 0 heterocycles. The molecule has 0 aliphatic rings. The molecule has 88 valence electrons. The summed E-state index contributed by atoms with van der Waals surface area (Å²) in [5.74, 6) is -0.254. The van der Waals surface area contributed by atoms with Crippen molar-refractivity contribution in [2.75, 3.05) is 6.54 Å². The Hall–Kier alpha value is -1.94. The van der Waals surface area contributed by atoms with Crippen molar-refractivity contribution in [1.82, 2.24) is 10.6 Å². The number of hydrogen-bond acceptors (Lipinski definition) is 2. The number of hydrogen-bond donors (Lipinski definition) is 2. The summed E-state index contributed by atoms with van der Waals surface area (Å²) in [6.07, 6.45) is 4.83. The molecular formula is C13H14N2OS. The van der Waals surface area contributed by atoms with Gasteiger partial charge in [-0.3, -0.25) is 10.1 Å². The minimum absolute atomic E-state index is 0.254. The maximum absolute atomic E-state index is 11.4. The summed E-state index contributed by atoms with van der Waals surface area (Å²) >= 11 is 4.90. The molecule has 2 N–H and O–H groups in total. The number of carbonyl (C=O) groups is 1. The topological polar surface area (TPSA) is 41.1 Å². The van der Waals surface area contributed by atoms with E-state index in [2.05, 4.69) is 17.2 Å². The van der Waals surface area contributed by atoms with Crippen LogP contribution in [0.5, 0.6) is 0 Å². The molecule has 4 heteroatoms. The van der Waals surface area contributed by atoms with E-state index >= 15 is 0 Å². The van der Waals surface area contributed by atoms with Gasteiger partial charge in [0.25, 0.3) is 0 Å². The molecule has 0 aliphatic carbocycles. The van der Waals surface area contributed by atoms with Gasteiger partial charge < -0.3 is 5.32 Å². The molecule has 0 unspecified atom stereocenters. The summed E-state index contributed by atoms with van der Waals surface area (Å²) in [5, 5.41) is 5.64. The van der Waals surface area contributed by atoms with E-state index in [0.29, 0.717) is 11.7 Å². The lowest BCUT2D eigenvalue weighted by atomic mass is 10.2. The second kappa shape index (κ2) is 7.35. The third-order valence-corrected chi connectivity index (χ3v) is 2.12. The van der Waals surface area contributed by atoms with Gasteiger partial charge in [0, 0.05) is 12.6 Å². The summed E-state index contributed by atoms with van der Waals surface area (Å²) in [4.78, 5) is 11.4. The van der Waals surface area contributed by atoms with Crippen LogP contribution in [0.2, 0.25) is 0 Å². The molecule has 1 amide bonds. The monoisotopic (exact) mass is 246 g/mol. The van der Waals surface area contributed by atoms with Gasteiger partial charge in [-0.1, -0.05) is 36.4 Å². The lowest BCUT2D eigenvalue weighted by molar-refractivity contribution is -0.115. The Bertz CT molecular complexity index is 426. The zero-order valence-electron chi connectivity index (χ0n) is 9.35. The van der Waals surface area contributed by atoms with Crippen molar-refractivity contribution in [2.45, 2.75) is 0 Å². The highest BCUT2D eigenvalue weighted by atomic mass is 32.1. The molecule has 3 nitrogen and oxygen atoms in total. The van der Waals surface area contributed by atoms with Crippen molar-refractivity contribution in [3.63, 3.8) is 0 Å². The Balaban J connectivity index is 2.42. The van der Waals surface area contributed by atoms with Gasteiger partial charge in [0.15, 0.2) is 5.11 Å². The van der Waals surface area contributed by atoms with Crippen LogP contribution in [0.4, 0.5) is 0 Å². The highest BCUT2D eigenvalue weighted by molar-refractivity contribution is 7.80. The lowest BCUT2D eigenvalue weighted by Gasteiger charge is -2.04. The zero-order chi connectivity index (χ0) is 12.5. The smallest absolute Gasteiger partial charge is 0.250 e. The van der Waals surface area contributed by atoms with Crippen LogP contribution < -0.4 is 10.6 Å². The highest BCUT2D eigenvalue weighted by Crippen LogP contribution is 2.00. The minimum atomic E-state index is -0.254. The molecule has 17 heavy (non-hydrogen) atoms. The van der Waals surface area contributed by atoms with Crippen molar-refractivity contribution in [2.24, 2.45) is 0 Å². The Morgan fingerprint density at radius 3 is 2.71 bits per heavy atom. The maximum Gasteiger partial charge on any atom is 0.250 e. The second-order valence-electron chi connectivity index (χ2n) is 3.23. The SMILES string of the molecule is C=CCNC(=S)NC(=O)/C=C/c1ccccc1. The van der Waals surface area contributed by atoms with Gasteiger partial charge in [-0.25, -0.2) is 0 Å². The number of carbonyl (C=O) groups excluding carboxylic acids is 1. The molecule has 0 radical (unpaired) electrons. The van der Waals surface area contributed by atoms with Crippen LogP contribution in [0.25, 0.3) is 6.08 Å². The van der Waals surface area contributed by atoms with Crippen molar-refractivity contribution < 1.29 is 4.79 Å². The molecule has 0 saturated carbocycles. The fraction of sp³-hybridized carbons (Fsp3) is 0.0769. The van der Waals surface area contributed by atoms with E-state index in [4.69, 9.17) is 12.2 Å². The Morgan fingerprint density at radius 2 is 2.06 bits per heavy atom. The van der Waals surface area contributed by atoms with E-state index in [0.717, 1.165) is 5.56 Å². The van der Waals surface area contributed by atoms with Crippen molar-refractivity contribution in [3.05, 3.63) is 54.6 Å². The van der Waals surface area contributed by atoms with Gasteiger partial charge in [0.2, 0.25) is 5.91 Å². The quantitative estimate of drug-likeness (QED) is 0.484. The van der Waals surface area contributed by atoms with E-state index < -0.39 is 0 Å². The van der Waals surface area contributed by atoms with Crippen LogP contribution in [0.15, 0.2) is 49.1 Å². The van der Waals surface area contributed by atoms with Crippen LogP contribution in [0.1, 0.15) is 5.56 Å². The number of rotatable bonds is 4. The lowest BCUT2D eigenvalue weighted by Crippen LogP contribution is -2.38. The van der Waals surface area contributed by atoms with Crippen LogP contribution in [0.3, 0.4) is 0 Å². The van der Waals surface area contributed by atoms with E-state index in [9.17, 15) is 4.79 Å². The van der Waals surface area contributed by atoms with Gasteiger partial charge >= 0.3 is 0 Å². The first kappa shape index (κ1) is 13.1. The van der Waals surface area contributed by atoms with Crippen molar-refractivity contribution in [1.29, 1.82) is 0 Å². The molecule has 0 fully saturated rings. The third-order valence-electron chi connectivity index (χ3n) is 1.87. The first-order valence-electron chi connectivity index (χ1n) is 5.15. The fourth-order valence-corrected chi connectivity index (χ4v) is 1.28. The minimum Gasteiger partial charge on any atom is -0.359 e. The van der Waals surface area contributed by atoms with Crippen LogP contribution in [-0.2, 0) is 4.79 Å². The van der Waals surface area contributed by atoms with Gasteiger partial charge in [0.05, 0.1) is 0 Å². The van der Waals surface area contributed by atoms with E-state index in [1.807, 2.05) is 30.3 Å². The van der Waals surface area contributed by atoms with Crippen molar-refractivity contribution >= 4 is 29.3 Å². The fourth-order valence-electron chi connectivity index (χ4n) is 1.10. The molecule has 1 rings (SSSR count). The number of amides is 1. The van der Waals surface area contributed by atoms with Crippen molar-refractivity contribution in [3.8, 4) is 0 Å².